The highest BCUT2D eigenvalue weighted by atomic mass is 32.1. The number of carbonyl (C=O) groups excluding carboxylic acids is 1. The minimum atomic E-state index is -0.454. The summed E-state index contributed by atoms with van der Waals surface area (Å²) in [4.78, 5) is 22.0. The lowest BCUT2D eigenvalue weighted by Gasteiger charge is -2.35. The molecule has 32 heavy (non-hydrogen) atoms. The Morgan fingerprint density at radius 3 is 2.38 bits per heavy atom. The lowest BCUT2D eigenvalue weighted by atomic mass is 10.2. The summed E-state index contributed by atoms with van der Waals surface area (Å²) in [6, 6.07) is 0. The van der Waals surface area contributed by atoms with Gasteiger partial charge in [-0.1, -0.05) is 26.0 Å². The van der Waals surface area contributed by atoms with E-state index in [2.05, 4.69) is 27.5 Å². The maximum Gasteiger partial charge on any atom is 0.410 e. The van der Waals surface area contributed by atoms with E-state index in [0.29, 0.717) is 13.1 Å². The monoisotopic (exact) mass is 463 g/mol. The summed E-state index contributed by atoms with van der Waals surface area (Å²) in [6.45, 7) is 20.7. The molecule has 1 amide bonds. The summed E-state index contributed by atoms with van der Waals surface area (Å²) in [5.74, 6) is 0. The van der Waals surface area contributed by atoms with Crippen molar-refractivity contribution in [2.45, 2.75) is 67.0 Å². The molecule has 0 aromatic carbocycles. The van der Waals surface area contributed by atoms with E-state index < -0.39 is 5.60 Å². The average Bonchev–Trinajstić information content (AvgIpc) is 3.30. The van der Waals surface area contributed by atoms with Gasteiger partial charge in [0.15, 0.2) is 4.96 Å². The molecule has 2 N–H and O–H groups in total. The van der Waals surface area contributed by atoms with Crippen LogP contribution >= 0.6 is 11.3 Å². The van der Waals surface area contributed by atoms with Crippen LogP contribution < -0.4 is 5.73 Å². The third-order valence-electron chi connectivity index (χ3n) is 4.50. The predicted molar refractivity (Wildman–Crippen MR) is 135 cm³/mol. The smallest absolute Gasteiger partial charge is 0.410 e. The number of rotatable bonds is 4. The number of amides is 1. The van der Waals surface area contributed by atoms with Gasteiger partial charge >= 0.3 is 6.09 Å². The number of imidazole rings is 1. The number of nitrogens with two attached hydrogens (primary N) is 1. The summed E-state index contributed by atoms with van der Waals surface area (Å²) >= 11 is 1.64. The van der Waals surface area contributed by atoms with E-state index in [4.69, 9.17) is 15.5 Å². The summed E-state index contributed by atoms with van der Waals surface area (Å²) in [5.41, 5.74) is 8.59. The number of ether oxygens (including phenoxy) is 1. The minimum absolute atomic E-state index is 0.226. The Hall–Kier alpha value is -2.32. The third-order valence-corrected chi connectivity index (χ3v) is 5.39. The summed E-state index contributed by atoms with van der Waals surface area (Å²) < 4.78 is 7.59. The number of fused-ring (bicyclic) bond motifs is 1. The molecular formula is C24H41N5O2S. The van der Waals surface area contributed by atoms with Crippen molar-refractivity contribution in [3.05, 3.63) is 47.4 Å². The fraction of sp³-hybridized carbons (Fsp3) is 0.583. The maximum atomic E-state index is 12.2. The second-order valence-corrected chi connectivity index (χ2v) is 9.14. The molecular weight excluding hydrogens is 422 g/mol. The molecule has 8 heteroatoms. The van der Waals surface area contributed by atoms with Crippen LogP contribution in [-0.4, -0.2) is 57.1 Å². The molecule has 1 aliphatic heterocycles. The van der Waals surface area contributed by atoms with Crippen molar-refractivity contribution in [2.24, 2.45) is 5.73 Å². The Kier molecular flexibility index (Phi) is 11.5. The van der Waals surface area contributed by atoms with Crippen molar-refractivity contribution in [3.63, 3.8) is 0 Å². The number of piperazine rings is 1. The molecule has 1 aliphatic rings. The van der Waals surface area contributed by atoms with Gasteiger partial charge in [0.05, 0.1) is 5.69 Å². The van der Waals surface area contributed by atoms with Gasteiger partial charge in [-0.2, -0.15) is 0 Å². The number of nitrogens with zero attached hydrogens (tertiary/aromatic N) is 4. The number of hydrogen-bond acceptors (Lipinski definition) is 6. The molecule has 3 rings (SSSR count). The van der Waals surface area contributed by atoms with Gasteiger partial charge in [-0.25, -0.2) is 9.78 Å². The zero-order valence-electron chi connectivity index (χ0n) is 20.9. The van der Waals surface area contributed by atoms with Crippen molar-refractivity contribution >= 4 is 22.4 Å². The predicted octanol–water partition coefficient (Wildman–Crippen LogP) is 5.07. The van der Waals surface area contributed by atoms with Crippen LogP contribution in [0.1, 0.15) is 59.9 Å². The normalized spacial score (nSPS) is 14.8. The fourth-order valence-electron chi connectivity index (χ4n) is 3.03. The Balaban J connectivity index is 0.000000944. The molecule has 0 aliphatic carbocycles. The van der Waals surface area contributed by atoms with Crippen LogP contribution in [0.15, 0.2) is 36.0 Å². The Labute approximate surface area is 197 Å². The minimum Gasteiger partial charge on any atom is -0.444 e. The molecule has 1 saturated heterocycles. The summed E-state index contributed by atoms with van der Waals surface area (Å²) in [7, 11) is 0. The van der Waals surface area contributed by atoms with Crippen molar-refractivity contribution in [3.8, 4) is 0 Å². The first-order valence-electron chi connectivity index (χ1n) is 11.3. The van der Waals surface area contributed by atoms with Gasteiger partial charge in [0.25, 0.3) is 0 Å². The molecule has 3 heterocycles. The first-order chi connectivity index (χ1) is 15.2. The second-order valence-electron chi connectivity index (χ2n) is 8.30. The van der Waals surface area contributed by atoms with Crippen molar-refractivity contribution in [1.82, 2.24) is 19.2 Å². The van der Waals surface area contributed by atoms with Gasteiger partial charge in [-0.15, -0.1) is 17.9 Å². The third kappa shape index (κ3) is 8.67. The highest BCUT2D eigenvalue weighted by Gasteiger charge is 2.26. The average molecular weight is 464 g/mol. The highest BCUT2D eigenvalue weighted by molar-refractivity contribution is 7.15. The number of aromatic nitrogens is 2. The van der Waals surface area contributed by atoms with Gasteiger partial charge in [0.2, 0.25) is 0 Å². The van der Waals surface area contributed by atoms with Gasteiger partial charge < -0.3 is 15.4 Å². The van der Waals surface area contributed by atoms with Crippen molar-refractivity contribution in [2.75, 3.05) is 26.2 Å². The summed E-state index contributed by atoms with van der Waals surface area (Å²) in [5, 5.41) is 2.11. The molecule has 1 fully saturated rings. The molecule has 2 aromatic heterocycles. The zero-order chi connectivity index (χ0) is 24.3. The van der Waals surface area contributed by atoms with E-state index in [1.807, 2.05) is 54.5 Å². The van der Waals surface area contributed by atoms with E-state index >= 15 is 0 Å². The summed E-state index contributed by atoms with van der Waals surface area (Å²) in [6.07, 6.45) is 6.30. The zero-order valence-corrected chi connectivity index (χ0v) is 21.7. The maximum absolute atomic E-state index is 12.2. The van der Waals surface area contributed by atoms with Gasteiger partial charge in [0, 0.05) is 62.1 Å². The quantitative estimate of drug-likeness (QED) is 0.641. The Bertz CT molecular complexity index is 871. The fourth-order valence-corrected chi connectivity index (χ4v) is 3.93. The second kappa shape index (κ2) is 13.3. The van der Waals surface area contributed by atoms with Crippen molar-refractivity contribution in [1.29, 1.82) is 0 Å². The standard InChI is InChI=1S/C19H29N5O2S.C3H6.C2H6/c1-5-14(20)10-16-13-27-17-21-15(12-24(16)17)11-22-6-8-23(9-7-22)18(25)26-19(2,3)4;1-3-2;1-2/h5,12-13H,6-11,20H2,1-4H3;3H,1H2,2H3;1-2H3/b14-5+;;. The number of thiazole rings is 1. The molecule has 0 spiro atoms. The largest absolute Gasteiger partial charge is 0.444 e. The molecule has 7 nitrogen and oxygen atoms in total. The van der Waals surface area contributed by atoms with E-state index in [9.17, 15) is 4.79 Å². The molecule has 0 radical (unpaired) electrons. The van der Waals surface area contributed by atoms with Crippen LogP contribution in [0.3, 0.4) is 0 Å². The highest BCUT2D eigenvalue weighted by Crippen LogP contribution is 2.20. The van der Waals surface area contributed by atoms with Crippen molar-refractivity contribution < 1.29 is 9.53 Å². The van der Waals surface area contributed by atoms with Crippen LogP contribution in [0.25, 0.3) is 4.96 Å². The molecule has 0 unspecified atom stereocenters. The Morgan fingerprint density at radius 2 is 1.84 bits per heavy atom. The number of allylic oxidation sites excluding steroid dienone is 3. The number of hydrogen-bond donors (Lipinski definition) is 1. The van der Waals surface area contributed by atoms with Gasteiger partial charge in [-0.05, 0) is 34.6 Å². The van der Waals surface area contributed by atoms with Gasteiger partial charge in [-0.3, -0.25) is 9.30 Å². The molecule has 2 aromatic rings. The van der Waals surface area contributed by atoms with E-state index in [0.717, 1.165) is 42.4 Å². The first-order valence-corrected chi connectivity index (χ1v) is 12.2. The molecule has 180 valence electrons. The van der Waals surface area contributed by atoms with Gasteiger partial charge in [0.1, 0.15) is 5.60 Å². The van der Waals surface area contributed by atoms with E-state index in [1.165, 1.54) is 5.69 Å². The SMILES string of the molecule is C/C=C(/N)Cc1csc2nc(CN3CCN(C(=O)OC(C)(C)C)CC3)cn12.C=CC.CC. The van der Waals surface area contributed by atoms with Crippen LogP contribution in [0, 0.1) is 0 Å². The molecule has 0 saturated carbocycles. The first kappa shape index (κ1) is 27.7. The molecule has 0 atom stereocenters. The lowest BCUT2D eigenvalue weighted by Crippen LogP contribution is -2.49. The number of carbonyl (C=O) groups is 1. The molecule has 0 bridgehead atoms. The topological polar surface area (TPSA) is 76.1 Å². The van der Waals surface area contributed by atoms with Crippen LogP contribution in [0.2, 0.25) is 0 Å². The van der Waals surface area contributed by atoms with Crippen LogP contribution in [0.4, 0.5) is 4.79 Å². The Morgan fingerprint density at radius 1 is 1.25 bits per heavy atom. The van der Waals surface area contributed by atoms with E-state index in [1.54, 1.807) is 22.3 Å². The van der Waals surface area contributed by atoms with Crippen LogP contribution in [0.5, 0.6) is 0 Å². The van der Waals surface area contributed by atoms with Crippen LogP contribution in [-0.2, 0) is 17.7 Å². The van der Waals surface area contributed by atoms with E-state index in [-0.39, 0.29) is 6.09 Å². The lowest BCUT2D eigenvalue weighted by molar-refractivity contribution is 0.0138.